The van der Waals surface area contributed by atoms with E-state index in [1.807, 2.05) is 20.9 Å². The summed E-state index contributed by atoms with van der Waals surface area (Å²) < 4.78 is 17.7. The number of amides is 1. The molecule has 6 heterocycles. The zero-order valence-corrected chi connectivity index (χ0v) is 25.4. The fourth-order valence-corrected chi connectivity index (χ4v) is 9.43. The Morgan fingerprint density at radius 2 is 1.81 bits per heavy atom. The second-order valence-electron chi connectivity index (χ2n) is 12.2. The number of benzene rings is 2. The number of ether oxygens (including phenoxy) is 3. The molecule has 8 rings (SSSR count). The first kappa shape index (κ1) is 28.1. The number of thioether (sulfide) groups is 1. The Labute approximate surface area is 253 Å². The van der Waals surface area contributed by atoms with E-state index in [0.29, 0.717) is 34.6 Å². The number of esters is 1. The summed E-state index contributed by atoms with van der Waals surface area (Å²) in [4.78, 5) is 29.6. The number of carbonyl (C=O) groups is 2. The maximum absolute atomic E-state index is 13.3. The van der Waals surface area contributed by atoms with Crippen molar-refractivity contribution in [1.82, 2.24) is 15.1 Å². The Kier molecular flexibility index (Phi) is 6.50. The molecule has 1 amide bonds. The summed E-state index contributed by atoms with van der Waals surface area (Å²) in [5, 5.41) is 36.5. The second kappa shape index (κ2) is 9.94. The number of phenols is 2. The van der Waals surface area contributed by atoms with E-state index in [1.165, 1.54) is 18.7 Å². The smallest absolute Gasteiger partial charge is 0.329 e. The van der Waals surface area contributed by atoms with Crippen LogP contribution in [0.1, 0.15) is 63.2 Å². The van der Waals surface area contributed by atoms with E-state index in [2.05, 4.69) is 27.3 Å². The molecule has 6 aliphatic rings. The lowest BCUT2D eigenvalue weighted by molar-refractivity contribution is -0.152. The van der Waals surface area contributed by atoms with Crippen LogP contribution >= 0.6 is 11.8 Å². The zero-order chi connectivity index (χ0) is 30.5. The molecule has 226 valence electrons. The number of rotatable bonds is 1. The van der Waals surface area contributed by atoms with Gasteiger partial charge in [-0.3, -0.25) is 14.6 Å². The van der Waals surface area contributed by atoms with Crippen molar-refractivity contribution in [3.63, 3.8) is 0 Å². The third-order valence-electron chi connectivity index (χ3n) is 9.99. The normalized spacial score (nSPS) is 30.9. The van der Waals surface area contributed by atoms with Crippen molar-refractivity contribution in [3.8, 4) is 29.1 Å². The molecule has 43 heavy (non-hydrogen) atoms. The van der Waals surface area contributed by atoms with Crippen LogP contribution in [0.3, 0.4) is 0 Å². The van der Waals surface area contributed by atoms with Crippen LogP contribution in [-0.4, -0.2) is 82.3 Å². The van der Waals surface area contributed by atoms with Gasteiger partial charge >= 0.3 is 5.97 Å². The highest BCUT2D eigenvalue weighted by Crippen LogP contribution is 2.63. The molecule has 6 aliphatic heterocycles. The predicted octanol–water partition coefficient (Wildman–Crippen LogP) is 2.82. The SMILES string of the molecule is CC(=O)N[C@H]1CS[C@@H]2c3c(O)c(C)c4c(c3[C@@H](COC1=O)N1C2[C@H]2c3c(cc(C)c(C)c3O)C[C@@H]([C@@H]1C#N)N2C)OCO4. The lowest BCUT2D eigenvalue weighted by Crippen LogP contribution is -2.69. The van der Waals surface area contributed by atoms with Gasteiger partial charge in [0.1, 0.15) is 30.2 Å². The largest absolute Gasteiger partial charge is 0.507 e. The standard InChI is InChI=1S/C31H34N4O7S/c1-12-6-16-7-18-19(8-32)35-20-9-40-31(39)17(33-15(4)36)10-43-30(25(35)24(34(18)5)21(16)26(37)13(12)2)23-22(20)29-28(41-11-42-29)14(3)27(23)38/h6,17-20,24-25,30,37-38H,7,9-11H2,1-5H3,(H,33,36)/t17-,18-,19-,20+,24+,25?,30+/m0/s1. The molecular weight excluding hydrogens is 572 g/mol. The molecule has 2 saturated heterocycles. The van der Waals surface area contributed by atoms with E-state index in [-0.39, 0.29) is 48.6 Å². The Morgan fingerprint density at radius 1 is 1.09 bits per heavy atom. The molecule has 7 atom stereocenters. The van der Waals surface area contributed by atoms with Crippen molar-refractivity contribution in [2.24, 2.45) is 0 Å². The number of piperazine rings is 1. The minimum atomic E-state index is -0.895. The molecule has 12 heteroatoms. The highest BCUT2D eigenvalue weighted by atomic mass is 32.2. The molecule has 3 N–H and O–H groups in total. The topological polar surface area (TPSA) is 145 Å². The second-order valence-corrected chi connectivity index (χ2v) is 13.3. The van der Waals surface area contributed by atoms with Crippen LogP contribution in [0.2, 0.25) is 0 Å². The molecule has 4 bridgehead atoms. The number of hydrogen-bond donors (Lipinski definition) is 3. The fourth-order valence-electron chi connectivity index (χ4n) is 7.92. The highest BCUT2D eigenvalue weighted by molar-refractivity contribution is 7.99. The summed E-state index contributed by atoms with van der Waals surface area (Å²) in [6, 6.07) is 1.59. The zero-order valence-electron chi connectivity index (χ0n) is 24.6. The molecule has 0 saturated carbocycles. The van der Waals surface area contributed by atoms with Gasteiger partial charge in [0.2, 0.25) is 12.7 Å². The van der Waals surface area contributed by atoms with E-state index in [4.69, 9.17) is 14.2 Å². The van der Waals surface area contributed by atoms with Gasteiger partial charge in [-0.05, 0) is 50.9 Å². The van der Waals surface area contributed by atoms with E-state index in [0.717, 1.165) is 22.3 Å². The van der Waals surface area contributed by atoms with Crippen LogP contribution in [-0.2, 0) is 20.7 Å². The molecule has 0 aliphatic carbocycles. The summed E-state index contributed by atoms with van der Waals surface area (Å²) in [6.07, 6.45) is 0.567. The van der Waals surface area contributed by atoms with Gasteiger partial charge in [-0.15, -0.1) is 11.8 Å². The van der Waals surface area contributed by atoms with E-state index in [1.54, 1.807) is 6.92 Å². The predicted molar refractivity (Wildman–Crippen MR) is 156 cm³/mol. The van der Waals surface area contributed by atoms with Gasteiger partial charge in [-0.2, -0.15) is 5.26 Å². The maximum atomic E-state index is 13.3. The number of fused-ring (bicyclic) bond motifs is 10. The fraction of sp³-hybridized carbons (Fsp3) is 0.516. The van der Waals surface area contributed by atoms with E-state index in [9.17, 15) is 25.1 Å². The van der Waals surface area contributed by atoms with Crippen LogP contribution in [0.4, 0.5) is 0 Å². The average Bonchev–Trinajstić information content (AvgIpc) is 3.46. The number of carbonyl (C=O) groups excluding carboxylic acids is 2. The van der Waals surface area contributed by atoms with Crippen molar-refractivity contribution < 1.29 is 34.0 Å². The lowest BCUT2D eigenvalue weighted by atomic mass is 9.71. The molecule has 2 aromatic carbocycles. The Hall–Kier alpha value is -3.66. The molecule has 2 aromatic rings. The number of nitrogens with one attached hydrogen (secondary N) is 1. The van der Waals surface area contributed by atoms with Gasteiger partial charge in [-0.1, -0.05) is 6.07 Å². The van der Waals surface area contributed by atoms with Crippen LogP contribution in [0, 0.1) is 32.1 Å². The Morgan fingerprint density at radius 3 is 2.53 bits per heavy atom. The van der Waals surface area contributed by atoms with Gasteiger partial charge in [0, 0.05) is 47.0 Å². The molecule has 0 radical (unpaired) electrons. The summed E-state index contributed by atoms with van der Waals surface area (Å²) in [5.74, 6) is 0.513. The molecule has 0 spiro atoms. The number of nitrogens with zero attached hydrogens (tertiary/aromatic N) is 3. The first-order valence-corrected chi connectivity index (χ1v) is 15.5. The van der Waals surface area contributed by atoms with Crippen LogP contribution in [0.15, 0.2) is 6.07 Å². The number of phenolic OH excluding ortho intramolecular Hbond substituents is 2. The number of aromatic hydroxyl groups is 2. The lowest BCUT2D eigenvalue weighted by Gasteiger charge is -2.61. The average molecular weight is 607 g/mol. The van der Waals surface area contributed by atoms with Crippen LogP contribution in [0.25, 0.3) is 0 Å². The van der Waals surface area contributed by atoms with E-state index < -0.39 is 35.4 Å². The van der Waals surface area contributed by atoms with Gasteiger partial charge in [0.25, 0.3) is 0 Å². The van der Waals surface area contributed by atoms with Crippen molar-refractivity contribution in [3.05, 3.63) is 45.0 Å². The quantitative estimate of drug-likeness (QED) is 0.412. The minimum Gasteiger partial charge on any atom is -0.507 e. The minimum absolute atomic E-state index is 0.0139. The summed E-state index contributed by atoms with van der Waals surface area (Å²) in [6.45, 7) is 6.89. The van der Waals surface area contributed by atoms with Crippen molar-refractivity contribution >= 4 is 23.6 Å². The summed E-state index contributed by atoms with van der Waals surface area (Å²) >= 11 is 1.42. The van der Waals surface area contributed by atoms with Gasteiger partial charge in [0.15, 0.2) is 11.5 Å². The van der Waals surface area contributed by atoms with Gasteiger partial charge in [0.05, 0.1) is 23.4 Å². The third kappa shape index (κ3) is 3.87. The summed E-state index contributed by atoms with van der Waals surface area (Å²) in [7, 11) is 2.00. The molecular formula is C31H34N4O7S. The third-order valence-corrected chi connectivity index (χ3v) is 11.4. The van der Waals surface area contributed by atoms with Crippen LogP contribution < -0.4 is 14.8 Å². The molecule has 11 nitrogen and oxygen atoms in total. The monoisotopic (exact) mass is 606 g/mol. The molecule has 2 fully saturated rings. The summed E-state index contributed by atoms with van der Waals surface area (Å²) in [5.41, 5.74) is 5.49. The number of likely N-dealkylation sites (N-methyl/N-ethyl adjacent to an activating group) is 1. The number of hydrogen-bond acceptors (Lipinski definition) is 11. The molecule has 1 unspecified atom stereocenters. The van der Waals surface area contributed by atoms with Gasteiger partial charge < -0.3 is 29.7 Å². The van der Waals surface area contributed by atoms with Crippen molar-refractivity contribution in [2.45, 2.75) is 75.6 Å². The Bertz CT molecular complexity index is 1620. The van der Waals surface area contributed by atoms with Crippen molar-refractivity contribution in [2.75, 3.05) is 26.2 Å². The highest BCUT2D eigenvalue weighted by Gasteiger charge is 2.60. The first-order valence-electron chi connectivity index (χ1n) is 14.5. The van der Waals surface area contributed by atoms with Crippen LogP contribution in [0.5, 0.6) is 23.0 Å². The Balaban J connectivity index is 1.51. The maximum Gasteiger partial charge on any atom is 0.329 e. The number of nitriles is 1. The first-order chi connectivity index (χ1) is 20.5. The molecule has 0 aromatic heterocycles. The van der Waals surface area contributed by atoms with Gasteiger partial charge in [-0.25, -0.2) is 4.79 Å². The number of aryl methyl sites for hydroxylation is 1. The van der Waals surface area contributed by atoms with Crippen molar-refractivity contribution in [1.29, 1.82) is 5.26 Å². The van der Waals surface area contributed by atoms with E-state index >= 15 is 0 Å².